The van der Waals surface area contributed by atoms with Gasteiger partial charge < -0.3 is 0 Å². The first kappa shape index (κ1) is 14.9. The van der Waals surface area contributed by atoms with Crippen molar-refractivity contribution in [1.29, 1.82) is 0 Å². The average molecular weight is 282 g/mol. The van der Waals surface area contributed by atoms with Crippen LogP contribution in [0, 0.1) is 0 Å². The van der Waals surface area contributed by atoms with Gasteiger partial charge in [-0.2, -0.15) is 0 Å². The maximum atomic E-state index is 3.11. The van der Waals surface area contributed by atoms with E-state index in [-0.39, 0.29) is 0 Å². The van der Waals surface area contributed by atoms with E-state index in [2.05, 4.69) is 36.3 Å². The van der Waals surface area contributed by atoms with Gasteiger partial charge in [0.05, 0.1) is 0 Å². The monoisotopic (exact) mass is 283 g/mol. The van der Waals surface area contributed by atoms with Gasteiger partial charge in [-0.15, -0.1) is 0 Å². The van der Waals surface area contributed by atoms with E-state index in [0.29, 0.717) is 0 Å². The van der Waals surface area contributed by atoms with Crippen LogP contribution in [0.5, 0.6) is 0 Å². The standard InChI is InChI=1S/C12H28PSe/c1-4-7-10-13(14,11-8-5-2)12-9-6-3/h14H,4-12H2,1-3H3/q+1. The second-order valence-corrected chi connectivity index (χ2v) is 13.2. The van der Waals surface area contributed by atoms with E-state index in [1.807, 2.05) is 0 Å². The van der Waals surface area contributed by atoms with Crippen molar-refractivity contribution in [3.8, 4) is 0 Å². The zero-order chi connectivity index (χ0) is 10.9. The molecule has 2 heteroatoms. The fourth-order valence-corrected chi connectivity index (χ4v) is 7.75. The topological polar surface area (TPSA) is 0 Å². The summed E-state index contributed by atoms with van der Waals surface area (Å²) >= 11 is 3.11. The quantitative estimate of drug-likeness (QED) is 0.439. The molecule has 0 rings (SSSR count). The van der Waals surface area contributed by atoms with Crippen molar-refractivity contribution in [2.24, 2.45) is 0 Å². The van der Waals surface area contributed by atoms with Gasteiger partial charge in [-0.3, -0.25) is 0 Å². The van der Waals surface area contributed by atoms with E-state index < -0.39 is 5.95 Å². The van der Waals surface area contributed by atoms with Gasteiger partial charge in [0.1, 0.15) is 0 Å². The molecule has 86 valence electrons. The van der Waals surface area contributed by atoms with E-state index >= 15 is 0 Å². The summed E-state index contributed by atoms with van der Waals surface area (Å²) in [6.07, 6.45) is 13.1. The fraction of sp³-hybridized carbons (Fsp3) is 1.00. The molecule has 0 radical (unpaired) electrons. The molecule has 0 aromatic rings. The Morgan fingerprint density at radius 1 is 0.714 bits per heavy atom. The van der Waals surface area contributed by atoms with Gasteiger partial charge in [-0.05, 0) is 0 Å². The number of unbranched alkanes of at least 4 members (excludes halogenated alkanes) is 3. The molecule has 0 aliphatic heterocycles. The molecule has 0 aliphatic rings. The van der Waals surface area contributed by atoms with E-state index in [9.17, 15) is 0 Å². The van der Waals surface area contributed by atoms with Gasteiger partial charge in [-0.1, -0.05) is 0 Å². The molecule has 0 atom stereocenters. The van der Waals surface area contributed by atoms with E-state index in [1.165, 1.54) is 57.0 Å². The summed E-state index contributed by atoms with van der Waals surface area (Å²) in [4.78, 5) is 0. The Bertz CT molecular complexity index is 104. The SMILES string of the molecule is CCCC[P+]([SeH])(CCCC)CCCC. The van der Waals surface area contributed by atoms with Crippen LogP contribution in [0.3, 0.4) is 0 Å². The van der Waals surface area contributed by atoms with Gasteiger partial charge in [0.2, 0.25) is 0 Å². The summed E-state index contributed by atoms with van der Waals surface area (Å²) in [5.74, 6) is -0.581. The molecule has 0 N–H and O–H groups in total. The molecule has 0 bridgehead atoms. The van der Waals surface area contributed by atoms with Crippen molar-refractivity contribution < 1.29 is 0 Å². The summed E-state index contributed by atoms with van der Waals surface area (Å²) < 4.78 is 0. The first-order valence-corrected chi connectivity index (χ1v) is 11.1. The van der Waals surface area contributed by atoms with Crippen molar-refractivity contribution in [3.63, 3.8) is 0 Å². The summed E-state index contributed by atoms with van der Waals surface area (Å²) in [5.41, 5.74) is 0. The molecule has 0 aromatic carbocycles. The second-order valence-electron chi connectivity index (χ2n) is 4.33. The normalized spacial score (nSPS) is 12.0. The number of hydrogen-bond donors (Lipinski definition) is 0. The third kappa shape index (κ3) is 7.27. The summed E-state index contributed by atoms with van der Waals surface area (Å²) in [5, 5.41) is 0. The molecule has 0 aliphatic carbocycles. The Labute approximate surface area is 99.4 Å². The second kappa shape index (κ2) is 9.20. The molecule has 0 heterocycles. The number of rotatable bonds is 9. The zero-order valence-electron chi connectivity index (χ0n) is 10.3. The Morgan fingerprint density at radius 3 is 1.21 bits per heavy atom. The minimum absolute atomic E-state index is 0.581. The van der Waals surface area contributed by atoms with Crippen LogP contribution < -0.4 is 0 Å². The van der Waals surface area contributed by atoms with Crippen molar-refractivity contribution in [2.45, 2.75) is 59.3 Å². The Balaban J connectivity index is 3.89. The van der Waals surface area contributed by atoms with Crippen LogP contribution >= 0.6 is 5.95 Å². The molecular weight excluding hydrogens is 254 g/mol. The summed E-state index contributed by atoms with van der Waals surface area (Å²) in [7, 11) is 0. The molecule has 14 heavy (non-hydrogen) atoms. The van der Waals surface area contributed by atoms with Crippen molar-refractivity contribution in [3.05, 3.63) is 0 Å². The zero-order valence-corrected chi connectivity index (χ0v) is 13.0. The van der Waals surface area contributed by atoms with Gasteiger partial charge in [0, 0.05) is 0 Å². The van der Waals surface area contributed by atoms with Gasteiger partial charge in [0.25, 0.3) is 0 Å². The van der Waals surface area contributed by atoms with Gasteiger partial charge in [0.15, 0.2) is 0 Å². The predicted molar refractivity (Wildman–Crippen MR) is 73.4 cm³/mol. The minimum atomic E-state index is -0.581. The van der Waals surface area contributed by atoms with E-state index in [4.69, 9.17) is 0 Å². The molecule has 0 amide bonds. The van der Waals surface area contributed by atoms with Crippen LogP contribution in [0.2, 0.25) is 0 Å². The molecule has 0 aromatic heterocycles. The summed E-state index contributed by atoms with van der Waals surface area (Å²) in [6.45, 7) is 6.95. The molecule has 0 saturated heterocycles. The molecule has 0 spiro atoms. The Morgan fingerprint density at radius 2 is 1.00 bits per heavy atom. The Kier molecular flexibility index (Phi) is 9.82. The first-order valence-electron chi connectivity index (χ1n) is 6.27. The third-order valence-corrected chi connectivity index (χ3v) is 10.0. The fourth-order valence-electron chi connectivity index (χ4n) is 1.69. The van der Waals surface area contributed by atoms with Crippen molar-refractivity contribution in [1.82, 2.24) is 0 Å². The maximum absolute atomic E-state index is 3.11. The number of hydrogen-bond acceptors (Lipinski definition) is 0. The van der Waals surface area contributed by atoms with Crippen LogP contribution in [-0.4, -0.2) is 34.1 Å². The third-order valence-electron chi connectivity index (χ3n) is 2.78. The first-order chi connectivity index (χ1) is 6.68. The van der Waals surface area contributed by atoms with Crippen LogP contribution in [-0.2, 0) is 0 Å². The van der Waals surface area contributed by atoms with Crippen LogP contribution in [0.1, 0.15) is 59.3 Å². The van der Waals surface area contributed by atoms with Crippen LogP contribution in [0.25, 0.3) is 0 Å². The molecule has 0 unspecified atom stereocenters. The summed E-state index contributed by atoms with van der Waals surface area (Å²) in [6, 6.07) is 0. The molecule has 0 nitrogen and oxygen atoms in total. The molecule has 0 fully saturated rings. The molecule has 0 saturated carbocycles. The average Bonchev–Trinajstić information content (AvgIpc) is 2.21. The van der Waals surface area contributed by atoms with Crippen molar-refractivity contribution in [2.75, 3.05) is 18.5 Å². The van der Waals surface area contributed by atoms with E-state index in [1.54, 1.807) is 0 Å². The van der Waals surface area contributed by atoms with Crippen LogP contribution in [0.4, 0.5) is 0 Å². The Hall–Kier alpha value is 0.949. The predicted octanol–water partition coefficient (Wildman–Crippen LogP) is 4.22. The van der Waals surface area contributed by atoms with Crippen LogP contribution in [0.15, 0.2) is 0 Å². The van der Waals surface area contributed by atoms with Crippen molar-refractivity contribution >= 4 is 21.5 Å². The molecular formula is C12H28PSe+. The van der Waals surface area contributed by atoms with E-state index in [0.717, 1.165) is 0 Å². The van der Waals surface area contributed by atoms with Gasteiger partial charge in [-0.25, -0.2) is 0 Å². The van der Waals surface area contributed by atoms with Gasteiger partial charge >= 0.3 is 99.3 Å².